The van der Waals surface area contributed by atoms with Crippen LogP contribution in [0.2, 0.25) is 0 Å². The van der Waals surface area contributed by atoms with E-state index in [1.807, 2.05) is 0 Å². The third-order valence-electron chi connectivity index (χ3n) is 15.5. The first-order valence-electron chi connectivity index (χ1n) is 35.7. The van der Waals surface area contributed by atoms with Gasteiger partial charge in [0, 0.05) is 25.7 Å². The van der Waals surface area contributed by atoms with E-state index in [1.165, 1.54) is 116 Å². The van der Waals surface area contributed by atoms with E-state index in [0.717, 1.165) is 121 Å². The second-order valence-electron chi connectivity index (χ2n) is 26.0. The number of carbonyl (C=O) groups is 4. The van der Waals surface area contributed by atoms with E-state index in [0.29, 0.717) is 31.6 Å². The van der Waals surface area contributed by atoms with Crippen LogP contribution in [0.4, 0.5) is 0 Å². The third kappa shape index (κ3) is 64.1. The van der Waals surface area contributed by atoms with E-state index >= 15 is 0 Å². The van der Waals surface area contributed by atoms with Crippen molar-refractivity contribution in [2.45, 2.75) is 343 Å². The van der Waals surface area contributed by atoms with Gasteiger partial charge in [-0.2, -0.15) is 0 Å². The Balaban J connectivity index is 5.27. The van der Waals surface area contributed by atoms with Gasteiger partial charge in [0.25, 0.3) is 0 Å². The summed E-state index contributed by atoms with van der Waals surface area (Å²) in [4.78, 5) is 72.5. The highest BCUT2D eigenvalue weighted by molar-refractivity contribution is 7.47. The van der Waals surface area contributed by atoms with Crippen molar-refractivity contribution in [3.05, 3.63) is 24.3 Å². The third-order valence-corrected chi connectivity index (χ3v) is 17.4. The fraction of sp³-hybridized carbons (Fsp3) is 0.886. The molecule has 0 rings (SSSR count). The summed E-state index contributed by atoms with van der Waals surface area (Å²) in [6.07, 6.45) is 46.9. The predicted octanol–water partition coefficient (Wildman–Crippen LogP) is 19.4. The van der Waals surface area contributed by atoms with Crippen LogP contribution in [0.3, 0.4) is 0 Å². The summed E-state index contributed by atoms with van der Waals surface area (Å²) in [5.41, 5.74) is 0. The molecule has 0 fully saturated rings. The van der Waals surface area contributed by atoms with E-state index in [-0.39, 0.29) is 25.7 Å². The molecule has 0 aliphatic rings. The molecule has 0 saturated carbocycles. The van der Waals surface area contributed by atoms with Gasteiger partial charge >= 0.3 is 39.5 Å². The van der Waals surface area contributed by atoms with E-state index in [9.17, 15) is 43.2 Å². The van der Waals surface area contributed by atoms with Crippen LogP contribution >= 0.6 is 15.6 Å². The molecule has 19 heteroatoms. The Morgan fingerprint density at radius 3 is 0.910 bits per heavy atom. The first-order valence-corrected chi connectivity index (χ1v) is 38.7. The van der Waals surface area contributed by atoms with Gasteiger partial charge in [0.05, 0.1) is 26.4 Å². The van der Waals surface area contributed by atoms with Gasteiger partial charge in [0.15, 0.2) is 12.2 Å². The Hall–Kier alpha value is -2.46. The molecule has 17 nitrogen and oxygen atoms in total. The second-order valence-corrected chi connectivity index (χ2v) is 28.9. The minimum atomic E-state index is -4.96. The van der Waals surface area contributed by atoms with Gasteiger partial charge in [-0.25, -0.2) is 9.13 Å². The number of carbonyl (C=O) groups excluding carboxylic acids is 4. The summed E-state index contributed by atoms with van der Waals surface area (Å²) in [6, 6.07) is 0. The van der Waals surface area contributed by atoms with Gasteiger partial charge in [-0.3, -0.25) is 37.3 Å². The number of hydrogen-bond donors (Lipinski definition) is 3. The monoisotopic (exact) mass is 1310 g/mol. The lowest BCUT2D eigenvalue weighted by Crippen LogP contribution is -2.30. The van der Waals surface area contributed by atoms with E-state index in [4.69, 9.17) is 37.0 Å². The molecular formula is C70H132O17P2. The maximum Gasteiger partial charge on any atom is 0.472 e. The molecule has 0 saturated heterocycles. The topological polar surface area (TPSA) is 237 Å². The zero-order valence-corrected chi connectivity index (χ0v) is 59.2. The summed E-state index contributed by atoms with van der Waals surface area (Å²) < 4.78 is 68.2. The Labute approximate surface area is 542 Å². The molecule has 0 aromatic carbocycles. The molecule has 3 N–H and O–H groups in total. The summed E-state index contributed by atoms with van der Waals surface area (Å²) in [5.74, 6) is -0.00690. The minimum absolute atomic E-state index is 0.0989. The number of unbranched alkanes of at least 4 members (excludes halogenated alkanes) is 31. The number of esters is 4. The molecule has 0 aliphatic carbocycles. The van der Waals surface area contributed by atoms with Crippen molar-refractivity contribution >= 4 is 39.5 Å². The van der Waals surface area contributed by atoms with Crippen molar-refractivity contribution in [2.24, 2.45) is 17.8 Å². The van der Waals surface area contributed by atoms with Crippen molar-refractivity contribution in [2.75, 3.05) is 39.6 Å². The highest BCUT2D eigenvalue weighted by Crippen LogP contribution is 2.45. The summed E-state index contributed by atoms with van der Waals surface area (Å²) in [5, 5.41) is 10.6. The van der Waals surface area contributed by atoms with Crippen LogP contribution in [0.15, 0.2) is 24.3 Å². The average molecular weight is 1310 g/mol. The molecule has 89 heavy (non-hydrogen) atoms. The molecule has 5 atom stereocenters. The number of hydrogen-bond acceptors (Lipinski definition) is 15. The predicted molar refractivity (Wildman–Crippen MR) is 358 cm³/mol. The molecule has 0 bridgehead atoms. The van der Waals surface area contributed by atoms with Crippen LogP contribution in [0.5, 0.6) is 0 Å². The normalized spacial score (nSPS) is 14.4. The molecule has 0 aliphatic heterocycles. The lowest BCUT2D eigenvalue weighted by Gasteiger charge is -2.21. The maximum atomic E-state index is 13.0. The van der Waals surface area contributed by atoms with Crippen LogP contribution in [-0.2, 0) is 65.4 Å². The number of phosphoric acid groups is 2. The number of phosphoric ester groups is 2. The number of ether oxygens (including phenoxy) is 4. The largest absolute Gasteiger partial charge is 0.472 e. The number of aliphatic hydroxyl groups excluding tert-OH is 1. The number of rotatable bonds is 66. The SMILES string of the molecule is CCCCCC/C=C\C=C/CCCCCCCC(=O)OC[C@H](COP(=O)(O)OCC(O)COP(=O)(O)OC[C@@H](COC(=O)CCCCCCCCCCC(C)C)OC(=O)CCCCCCCCC(C)C)OC(=O)CCCCCCCCCCCCCC(C)C. The molecule has 0 aromatic heterocycles. The van der Waals surface area contributed by atoms with Gasteiger partial charge in [-0.15, -0.1) is 0 Å². The van der Waals surface area contributed by atoms with Crippen molar-refractivity contribution in [3.8, 4) is 0 Å². The standard InChI is InChI=1S/C70H132O17P2/c1-8-9-10-11-12-13-14-15-16-17-20-23-29-37-44-51-67(72)80-57-65(86-69(74)53-46-39-31-24-21-18-19-22-27-34-41-48-61(2)3)59-84-88(76,77)82-55-64(71)56-83-89(78,79)85-60-66(87-70(75)54-47-40-33-32-36-43-50-63(6)7)58-81-68(73)52-45-38-30-26-25-28-35-42-49-62(4)5/h13-16,61-66,71H,8-12,17-60H2,1-7H3,(H,76,77)(H,78,79)/b14-13-,16-15-/t64?,65-,66-/m1/s1. The van der Waals surface area contributed by atoms with Gasteiger partial charge in [0.2, 0.25) is 0 Å². The van der Waals surface area contributed by atoms with Gasteiger partial charge in [-0.05, 0) is 69.1 Å². The lowest BCUT2D eigenvalue weighted by molar-refractivity contribution is -0.161. The molecule has 0 amide bonds. The highest BCUT2D eigenvalue weighted by Gasteiger charge is 2.30. The first-order chi connectivity index (χ1) is 42.7. The smallest absolute Gasteiger partial charge is 0.462 e. The van der Waals surface area contributed by atoms with Crippen molar-refractivity contribution in [3.63, 3.8) is 0 Å². The minimum Gasteiger partial charge on any atom is -0.462 e. The van der Waals surface area contributed by atoms with Crippen LogP contribution in [0.25, 0.3) is 0 Å². The summed E-state index contributed by atoms with van der Waals surface area (Å²) in [6.45, 7) is 11.6. The Kier molecular flexibility index (Phi) is 58.8. The van der Waals surface area contributed by atoms with Crippen LogP contribution in [0, 0.1) is 17.8 Å². The second kappa shape index (κ2) is 60.5. The van der Waals surface area contributed by atoms with Gasteiger partial charge in [0.1, 0.15) is 19.3 Å². The van der Waals surface area contributed by atoms with Gasteiger partial charge < -0.3 is 33.8 Å². The quantitative estimate of drug-likeness (QED) is 0.0169. The molecule has 0 heterocycles. The zero-order valence-electron chi connectivity index (χ0n) is 57.4. The van der Waals surface area contributed by atoms with Gasteiger partial charge in [-0.1, -0.05) is 272 Å². The van der Waals surface area contributed by atoms with E-state index < -0.39 is 97.5 Å². The summed E-state index contributed by atoms with van der Waals surface area (Å²) >= 11 is 0. The zero-order chi connectivity index (χ0) is 65.9. The molecule has 3 unspecified atom stereocenters. The Bertz CT molecular complexity index is 1840. The summed E-state index contributed by atoms with van der Waals surface area (Å²) in [7, 11) is -9.91. The Morgan fingerprint density at radius 1 is 0.348 bits per heavy atom. The van der Waals surface area contributed by atoms with Crippen molar-refractivity contribution in [1.29, 1.82) is 0 Å². The molecular weight excluding hydrogens is 1170 g/mol. The fourth-order valence-electron chi connectivity index (χ4n) is 10.0. The molecule has 524 valence electrons. The molecule has 0 spiro atoms. The lowest BCUT2D eigenvalue weighted by atomic mass is 10.0. The first kappa shape index (κ1) is 86.5. The highest BCUT2D eigenvalue weighted by atomic mass is 31.2. The van der Waals surface area contributed by atoms with Crippen LogP contribution in [-0.4, -0.2) is 96.7 Å². The van der Waals surface area contributed by atoms with E-state index in [1.54, 1.807) is 0 Å². The van der Waals surface area contributed by atoms with Crippen molar-refractivity contribution < 1.29 is 80.2 Å². The average Bonchev–Trinajstić information content (AvgIpc) is 3.67. The van der Waals surface area contributed by atoms with Crippen LogP contribution in [0.1, 0.15) is 325 Å². The van der Waals surface area contributed by atoms with Crippen molar-refractivity contribution in [1.82, 2.24) is 0 Å². The molecule has 0 aromatic rings. The van der Waals surface area contributed by atoms with Crippen LogP contribution < -0.4 is 0 Å². The number of allylic oxidation sites excluding steroid dienone is 4. The molecule has 0 radical (unpaired) electrons. The fourth-order valence-corrected chi connectivity index (χ4v) is 11.6. The van der Waals surface area contributed by atoms with E-state index in [2.05, 4.69) is 72.8 Å². The number of aliphatic hydroxyl groups is 1. The maximum absolute atomic E-state index is 13.0. The Morgan fingerprint density at radius 2 is 0.607 bits per heavy atom.